The zero-order valence-corrected chi connectivity index (χ0v) is 11.7. The summed E-state index contributed by atoms with van der Waals surface area (Å²) in [6.07, 6.45) is 2.38. The van der Waals surface area contributed by atoms with Gasteiger partial charge < -0.3 is 10.1 Å². The van der Waals surface area contributed by atoms with E-state index >= 15 is 0 Å². The molecule has 5 nitrogen and oxygen atoms in total. The molecule has 21 heavy (non-hydrogen) atoms. The zero-order valence-electron chi connectivity index (χ0n) is 11.7. The number of para-hydroxylation sites is 1. The molecule has 0 atom stereocenters. The van der Waals surface area contributed by atoms with Crippen molar-refractivity contribution in [2.45, 2.75) is 13.0 Å². The molecular weight excluding hydrogens is 273 g/mol. The van der Waals surface area contributed by atoms with Crippen molar-refractivity contribution in [3.05, 3.63) is 58.8 Å². The van der Waals surface area contributed by atoms with E-state index in [1.54, 1.807) is 30.5 Å². The van der Waals surface area contributed by atoms with Crippen LogP contribution in [0.4, 0.5) is 4.39 Å². The summed E-state index contributed by atoms with van der Waals surface area (Å²) in [5, 5.41) is 7.15. The first-order valence-electron chi connectivity index (χ1n) is 6.87. The van der Waals surface area contributed by atoms with Crippen molar-refractivity contribution in [2.24, 2.45) is 0 Å². The number of hydrogen-bond donors (Lipinski definition) is 1. The molecule has 6 heteroatoms. The molecule has 0 bridgehead atoms. The van der Waals surface area contributed by atoms with E-state index in [1.807, 2.05) is 0 Å². The predicted octanol–water partition coefficient (Wildman–Crippen LogP) is 1.44. The van der Waals surface area contributed by atoms with Crippen molar-refractivity contribution in [1.82, 2.24) is 15.1 Å². The summed E-state index contributed by atoms with van der Waals surface area (Å²) in [5.41, 5.74) is -0.0969. The molecule has 0 saturated carbocycles. The van der Waals surface area contributed by atoms with Crippen molar-refractivity contribution >= 4 is 0 Å². The SMILES string of the molecule is O=c1cccnn1CCCNCCOc1ccccc1F. The molecule has 0 saturated heterocycles. The van der Waals surface area contributed by atoms with Crippen LogP contribution >= 0.6 is 0 Å². The Balaban J connectivity index is 1.58. The Hall–Kier alpha value is -2.21. The van der Waals surface area contributed by atoms with E-state index in [4.69, 9.17) is 4.74 Å². The minimum atomic E-state index is -0.355. The normalized spacial score (nSPS) is 10.5. The summed E-state index contributed by atoms with van der Waals surface area (Å²) in [6, 6.07) is 9.44. The van der Waals surface area contributed by atoms with E-state index in [2.05, 4.69) is 10.4 Å². The third kappa shape index (κ3) is 5.00. The molecule has 0 spiro atoms. The number of hydrogen-bond acceptors (Lipinski definition) is 4. The number of aryl methyl sites for hydroxylation is 1. The van der Waals surface area contributed by atoms with Crippen molar-refractivity contribution in [2.75, 3.05) is 19.7 Å². The summed E-state index contributed by atoms with van der Waals surface area (Å²) in [5.74, 6) is -0.0913. The summed E-state index contributed by atoms with van der Waals surface area (Å²) >= 11 is 0. The minimum absolute atomic E-state index is 0.0969. The molecule has 0 amide bonds. The molecule has 0 aliphatic carbocycles. The van der Waals surface area contributed by atoms with Crippen LogP contribution in [0, 0.1) is 5.82 Å². The molecule has 0 aliphatic heterocycles. The second-order valence-electron chi connectivity index (χ2n) is 4.47. The first-order chi connectivity index (χ1) is 10.3. The van der Waals surface area contributed by atoms with E-state index in [0.717, 1.165) is 13.0 Å². The van der Waals surface area contributed by atoms with E-state index in [1.165, 1.54) is 16.8 Å². The molecular formula is C15H18FN3O2. The molecule has 2 aromatic rings. The number of aromatic nitrogens is 2. The number of rotatable bonds is 8. The van der Waals surface area contributed by atoms with Gasteiger partial charge in [0.15, 0.2) is 11.6 Å². The van der Waals surface area contributed by atoms with Crippen LogP contribution in [0.1, 0.15) is 6.42 Å². The van der Waals surface area contributed by atoms with Gasteiger partial charge in [0.05, 0.1) is 0 Å². The predicted molar refractivity (Wildman–Crippen MR) is 77.9 cm³/mol. The number of nitrogens with one attached hydrogen (secondary N) is 1. The van der Waals surface area contributed by atoms with E-state index in [-0.39, 0.29) is 17.1 Å². The topological polar surface area (TPSA) is 56.2 Å². The van der Waals surface area contributed by atoms with Crippen LogP contribution in [0.15, 0.2) is 47.4 Å². The van der Waals surface area contributed by atoms with Crippen LogP contribution in [0.2, 0.25) is 0 Å². The van der Waals surface area contributed by atoms with Gasteiger partial charge in [-0.05, 0) is 31.2 Å². The second kappa shape index (κ2) is 8.16. The Labute approximate surface area is 122 Å². The highest BCUT2D eigenvalue weighted by Gasteiger charge is 2.00. The molecule has 1 aromatic carbocycles. The van der Waals surface area contributed by atoms with Crippen molar-refractivity contribution < 1.29 is 9.13 Å². The zero-order chi connectivity index (χ0) is 14.9. The molecule has 1 N–H and O–H groups in total. The molecule has 2 rings (SSSR count). The lowest BCUT2D eigenvalue weighted by Gasteiger charge is -2.08. The van der Waals surface area contributed by atoms with Gasteiger partial charge in [-0.2, -0.15) is 5.10 Å². The van der Waals surface area contributed by atoms with Crippen LogP contribution < -0.4 is 15.6 Å². The average molecular weight is 291 g/mol. The highest BCUT2D eigenvalue weighted by Crippen LogP contribution is 2.14. The van der Waals surface area contributed by atoms with Gasteiger partial charge >= 0.3 is 0 Å². The Morgan fingerprint density at radius 3 is 2.86 bits per heavy atom. The highest BCUT2D eigenvalue weighted by molar-refractivity contribution is 5.23. The molecule has 0 fully saturated rings. The van der Waals surface area contributed by atoms with Crippen LogP contribution in [0.3, 0.4) is 0 Å². The van der Waals surface area contributed by atoms with Gasteiger partial charge in [0, 0.05) is 25.4 Å². The fourth-order valence-electron chi connectivity index (χ4n) is 1.83. The van der Waals surface area contributed by atoms with E-state index in [0.29, 0.717) is 19.7 Å². The third-order valence-corrected chi connectivity index (χ3v) is 2.88. The lowest BCUT2D eigenvalue weighted by Crippen LogP contribution is -2.26. The van der Waals surface area contributed by atoms with Gasteiger partial charge in [-0.25, -0.2) is 9.07 Å². The maximum Gasteiger partial charge on any atom is 0.266 e. The first-order valence-corrected chi connectivity index (χ1v) is 6.87. The van der Waals surface area contributed by atoms with Crippen LogP contribution in [0.25, 0.3) is 0 Å². The standard InChI is InChI=1S/C15H18FN3O2/c16-13-5-1-2-6-14(13)21-12-10-17-8-4-11-19-15(20)7-3-9-18-19/h1-3,5-7,9,17H,4,8,10-12H2. The van der Waals surface area contributed by atoms with Gasteiger partial charge in [-0.15, -0.1) is 0 Å². The van der Waals surface area contributed by atoms with E-state index in [9.17, 15) is 9.18 Å². The number of benzene rings is 1. The maximum atomic E-state index is 13.3. The monoisotopic (exact) mass is 291 g/mol. The minimum Gasteiger partial charge on any atom is -0.489 e. The molecule has 0 aliphatic rings. The van der Waals surface area contributed by atoms with Gasteiger partial charge in [0.1, 0.15) is 6.61 Å². The Morgan fingerprint density at radius 1 is 1.19 bits per heavy atom. The second-order valence-corrected chi connectivity index (χ2v) is 4.47. The molecule has 1 aromatic heterocycles. The van der Waals surface area contributed by atoms with Crippen LogP contribution in [-0.2, 0) is 6.54 Å². The quantitative estimate of drug-likeness (QED) is 0.748. The molecule has 1 heterocycles. The highest BCUT2D eigenvalue weighted by atomic mass is 19.1. The largest absolute Gasteiger partial charge is 0.489 e. The third-order valence-electron chi connectivity index (χ3n) is 2.88. The van der Waals surface area contributed by atoms with Gasteiger partial charge in [0.25, 0.3) is 5.56 Å². The number of ether oxygens (including phenoxy) is 1. The fourth-order valence-corrected chi connectivity index (χ4v) is 1.83. The molecule has 0 unspecified atom stereocenters. The summed E-state index contributed by atoms with van der Waals surface area (Å²) in [4.78, 5) is 11.4. The molecule has 112 valence electrons. The summed E-state index contributed by atoms with van der Waals surface area (Å²) in [6.45, 7) is 2.32. The Morgan fingerprint density at radius 2 is 2.05 bits per heavy atom. The van der Waals surface area contributed by atoms with Gasteiger partial charge in [-0.1, -0.05) is 12.1 Å². The summed E-state index contributed by atoms with van der Waals surface area (Å²) < 4.78 is 20.0. The van der Waals surface area contributed by atoms with Gasteiger partial charge in [-0.3, -0.25) is 4.79 Å². The van der Waals surface area contributed by atoms with Crippen molar-refractivity contribution in [1.29, 1.82) is 0 Å². The number of halogens is 1. The lowest BCUT2D eigenvalue weighted by molar-refractivity contribution is 0.298. The van der Waals surface area contributed by atoms with Crippen LogP contribution in [-0.4, -0.2) is 29.5 Å². The smallest absolute Gasteiger partial charge is 0.266 e. The van der Waals surface area contributed by atoms with Gasteiger partial charge in [0.2, 0.25) is 0 Å². The summed E-state index contributed by atoms with van der Waals surface area (Å²) in [7, 11) is 0. The molecule has 0 radical (unpaired) electrons. The fraction of sp³-hybridized carbons (Fsp3) is 0.333. The Bertz CT molecular complexity index is 616. The number of nitrogens with zero attached hydrogens (tertiary/aromatic N) is 2. The first kappa shape index (κ1) is 15.2. The van der Waals surface area contributed by atoms with E-state index < -0.39 is 0 Å². The Kier molecular flexibility index (Phi) is 5.90. The van der Waals surface area contributed by atoms with Crippen LogP contribution in [0.5, 0.6) is 5.75 Å². The maximum absolute atomic E-state index is 13.3. The van der Waals surface area contributed by atoms with Crippen molar-refractivity contribution in [3.63, 3.8) is 0 Å². The average Bonchev–Trinajstić information content (AvgIpc) is 2.50. The van der Waals surface area contributed by atoms with Crippen molar-refractivity contribution in [3.8, 4) is 5.75 Å². The lowest BCUT2D eigenvalue weighted by atomic mass is 10.3.